The molecule has 1 aromatic rings. The molecule has 1 aliphatic rings. The van der Waals surface area contributed by atoms with Crippen LogP contribution in [0.1, 0.15) is 26.2 Å². The van der Waals surface area contributed by atoms with E-state index in [4.69, 9.17) is 0 Å². The second-order valence-corrected chi connectivity index (χ2v) is 4.87. The van der Waals surface area contributed by atoms with E-state index in [2.05, 4.69) is 16.0 Å². The van der Waals surface area contributed by atoms with Crippen LogP contribution >= 0.6 is 12.4 Å². The van der Waals surface area contributed by atoms with Crippen LogP contribution < -0.4 is 16.0 Å². The summed E-state index contributed by atoms with van der Waals surface area (Å²) in [5, 5.41) is 8.26. The van der Waals surface area contributed by atoms with Gasteiger partial charge in [0.1, 0.15) is 5.82 Å². The lowest BCUT2D eigenvalue weighted by molar-refractivity contribution is -0.118. The standard InChI is InChI=1S/C14H18FN3O2.ClH/c1-9(19)17-13-8-10(5-6-11(13)15)18-14(20)12-4-2-3-7-16-12;/h5-6,8,12,16H,2-4,7H2,1H3,(H,17,19)(H,18,20);1H/t12-;/m1./s1. The number of amides is 2. The zero-order valence-electron chi connectivity index (χ0n) is 11.7. The minimum atomic E-state index is -0.533. The number of anilines is 2. The smallest absolute Gasteiger partial charge is 0.241 e. The molecule has 0 unspecified atom stereocenters. The number of benzene rings is 1. The Hall–Kier alpha value is -1.66. The molecule has 2 amide bonds. The molecule has 21 heavy (non-hydrogen) atoms. The van der Waals surface area contributed by atoms with Gasteiger partial charge in [0, 0.05) is 12.6 Å². The van der Waals surface area contributed by atoms with Gasteiger partial charge in [-0.15, -0.1) is 12.4 Å². The van der Waals surface area contributed by atoms with Crippen LogP contribution in [0.15, 0.2) is 18.2 Å². The van der Waals surface area contributed by atoms with E-state index < -0.39 is 5.82 Å². The Morgan fingerprint density at radius 2 is 2.05 bits per heavy atom. The molecule has 116 valence electrons. The number of nitrogens with one attached hydrogen (secondary N) is 3. The normalized spacial score (nSPS) is 17.5. The molecule has 2 rings (SSSR count). The van der Waals surface area contributed by atoms with Gasteiger partial charge in [-0.25, -0.2) is 4.39 Å². The fourth-order valence-electron chi connectivity index (χ4n) is 2.19. The molecule has 0 spiro atoms. The van der Waals surface area contributed by atoms with Gasteiger partial charge < -0.3 is 16.0 Å². The molecule has 0 radical (unpaired) electrons. The van der Waals surface area contributed by atoms with Crippen molar-refractivity contribution < 1.29 is 14.0 Å². The van der Waals surface area contributed by atoms with Crippen LogP contribution in [-0.2, 0) is 9.59 Å². The number of hydrogen-bond acceptors (Lipinski definition) is 3. The van der Waals surface area contributed by atoms with Crippen LogP contribution in [0.4, 0.5) is 15.8 Å². The average Bonchev–Trinajstić information content (AvgIpc) is 2.43. The topological polar surface area (TPSA) is 70.2 Å². The fraction of sp³-hybridized carbons (Fsp3) is 0.429. The van der Waals surface area contributed by atoms with E-state index in [-0.39, 0.29) is 36.0 Å². The molecule has 1 fully saturated rings. The first-order valence-electron chi connectivity index (χ1n) is 6.67. The van der Waals surface area contributed by atoms with Gasteiger partial charge in [0.25, 0.3) is 0 Å². The zero-order chi connectivity index (χ0) is 14.5. The van der Waals surface area contributed by atoms with Crippen LogP contribution in [0.3, 0.4) is 0 Å². The van der Waals surface area contributed by atoms with Crippen LogP contribution in [0.5, 0.6) is 0 Å². The van der Waals surface area contributed by atoms with Crippen molar-refractivity contribution in [3.63, 3.8) is 0 Å². The summed E-state index contributed by atoms with van der Waals surface area (Å²) in [6, 6.07) is 3.90. The largest absolute Gasteiger partial charge is 0.325 e. The molecule has 7 heteroatoms. The average molecular weight is 316 g/mol. The predicted molar refractivity (Wildman–Crippen MR) is 82.2 cm³/mol. The maximum absolute atomic E-state index is 13.5. The fourth-order valence-corrected chi connectivity index (χ4v) is 2.19. The van der Waals surface area contributed by atoms with Crippen molar-refractivity contribution in [3.8, 4) is 0 Å². The Morgan fingerprint density at radius 1 is 1.29 bits per heavy atom. The van der Waals surface area contributed by atoms with Gasteiger partial charge in [-0.1, -0.05) is 6.42 Å². The van der Waals surface area contributed by atoms with E-state index in [1.165, 1.54) is 25.1 Å². The van der Waals surface area contributed by atoms with Crippen LogP contribution in [0, 0.1) is 5.82 Å². The molecule has 1 saturated heterocycles. The van der Waals surface area contributed by atoms with Gasteiger partial charge in [-0.2, -0.15) is 0 Å². The number of carbonyl (C=O) groups is 2. The molecule has 1 aromatic carbocycles. The Morgan fingerprint density at radius 3 is 2.67 bits per heavy atom. The van der Waals surface area contributed by atoms with Crippen molar-refractivity contribution >= 4 is 35.6 Å². The first kappa shape index (κ1) is 17.4. The van der Waals surface area contributed by atoms with Gasteiger partial charge in [0.15, 0.2) is 0 Å². The monoisotopic (exact) mass is 315 g/mol. The molecule has 3 N–H and O–H groups in total. The highest BCUT2D eigenvalue weighted by Crippen LogP contribution is 2.20. The first-order chi connectivity index (χ1) is 9.56. The summed E-state index contributed by atoms with van der Waals surface area (Å²) in [6.45, 7) is 2.13. The summed E-state index contributed by atoms with van der Waals surface area (Å²) in [7, 11) is 0. The van der Waals surface area contributed by atoms with E-state index in [0.29, 0.717) is 5.69 Å². The predicted octanol–water partition coefficient (Wildman–Crippen LogP) is 2.29. The number of carbonyl (C=O) groups excluding carboxylic acids is 2. The summed E-state index contributed by atoms with van der Waals surface area (Å²) >= 11 is 0. The number of piperidine rings is 1. The number of hydrogen-bond donors (Lipinski definition) is 3. The zero-order valence-corrected chi connectivity index (χ0v) is 12.6. The molecule has 0 saturated carbocycles. The van der Waals surface area contributed by atoms with E-state index in [9.17, 15) is 14.0 Å². The van der Waals surface area contributed by atoms with Gasteiger partial charge >= 0.3 is 0 Å². The minimum Gasteiger partial charge on any atom is -0.325 e. The summed E-state index contributed by atoms with van der Waals surface area (Å²) in [4.78, 5) is 23.0. The van der Waals surface area contributed by atoms with Gasteiger partial charge in [0.05, 0.1) is 11.7 Å². The van der Waals surface area contributed by atoms with Gasteiger partial charge in [-0.05, 0) is 37.6 Å². The Balaban J connectivity index is 0.00000220. The third kappa shape index (κ3) is 4.99. The minimum absolute atomic E-state index is 0. The van der Waals surface area contributed by atoms with Crippen molar-refractivity contribution in [2.24, 2.45) is 0 Å². The van der Waals surface area contributed by atoms with Crippen molar-refractivity contribution in [2.75, 3.05) is 17.2 Å². The number of halogens is 2. The molecule has 1 aliphatic heterocycles. The summed E-state index contributed by atoms with van der Waals surface area (Å²) in [5.74, 6) is -1.03. The van der Waals surface area contributed by atoms with Gasteiger partial charge in [0.2, 0.25) is 11.8 Å². The van der Waals surface area contributed by atoms with E-state index in [0.717, 1.165) is 25.8 Å². The molecular weight excluding hydrogens is 297 g/mol. The highest BCUT2D eigenvalue weighted by molar-refractivity contribution is 5.96. The molecule has 0 aliphatic carbocycles. The van der Waals surface area contributed by atoms with Crippen LogP contribution in [0.25, 0.3) is 0 Å². The van der Waals surface area contributed by atoms with E-state index >= 15 is 0 Å². The van der Waals surface area contributed by atoms with Crippen molar-refractivity contribution in [1.29, 1.82) is 0 Å². The lowest BCUT2D eigenvalue weighted by Crippen LogP contribution is -2.43. The molecule has 0 aromatic heterocycles. The maximum atomic E-state index is 13.5. The maximum Gasteiger partial charge on any atom is 0.241 e. The number of rotatable bonds is 3. The van der Waals surface area contributed by atoms with E-state index in [1.54, 1.807) is 0 Å². The van der Waals surface area contributed by atoms with Crippen molar-refractivity contribution in [3.05, 3.63) is 24.0 Å². The second-order valence-electron chi connectivity index (χ2n) is 4.87. The SMILES string of the molecule is CC(=O)Nc1cc(NC(=O)[C@H]2CCCCN2)ccc1F.Cl. The Labute approximate surface area is 129 Å². The third-order valence-corrected chi connectivity index (χ3v) is 3.17. The molecule has 0 bridgehead atoms. The van der Waals surface area contributed by atoms with Crippen molar-refractivity contribution in [2.45, 2.75) is 32.2 Å². The van der Waals surface area contributed by atoms with Crippen LogP contribution in [0.2, 0.25) is 0 Å². The summed E-state index contributed by atoms with van der Waals surface area (Å²) < 4.78 is 13.5. The molecule has 5 nitrogen and oxygen atoms in total. The highest BCUT2D eigenvalue weighted by Gasteiger charge is 2.20. The van der Waals surface area contributed by atoms with Crippen LogP contribution in [-0.4, -0.2) is 24.4 Å². The molecule has 1 heterocycles. The Bertz CT molecular complexity index is 519. The molecule has 1 atom stereocenters. The second kappa shape index (κ2) is 7.95. The third-order valence-electron chi connectivity index (χ3n) is 3.17. The Kier molecular flexibility index (Phi) is 6.58. The van der Waals surface area contributed by atoms with Gasteiger partial charge in [-0.3, -0.25) is 9.59 Å². The summed E-state index contributed by atoms with van der Waals surface area (Å²) in [6.07, 6.45) is 2.89. The highest BCUT2D eigenvalue weighted by atomic mass is 35.5. The molecular formula is C14H19ClFN3O2. The lowest BCUT2D eigenvalue weighted by atomic mass is 10.0. The first-order valence-corrected chi connectivity index (χ1v) is 6.67. The summed E-state index contributed by atoms with van der Waals surface area (Å²) in [5.41, 5.74) is 0.527. The lowest BCUT2D eigenvalue weighted by Gasteiger charge is -2.22. The van der Waals surface area contributed by atoms with E-state index in [1.807, 2.05) is 0 Å². The quantitative estimate of drug-likeness (QED) is 0.801. The van der Waals surface area contributed by atoms with Crippen molar-refractivity contribution in [1.82, 2.24) is 5.32 Å².